The first-order valence-electron chi connectivity index (χ1n) is 18.2. The van der Waals surface area contributed by atoms with Gasteiger partial charge in [0.2, 0.25) is 0 Å². The summed E-state index contributed by atoms with van der Waals surface area (Å²) in [5.74, 6) is 0. The van der Waals surface area contributed by atoms with E-state index in [1.54, 1.807) is 115 Å². The maximum absolute atomic E-state index is 5.67. The summed E-state index contributed by atoms with van der Waals surface area (Å²) in [6, 6.07) is 9.89. The molecule has 0 radical (unpaired) electrons. The summed E-state index contributed by atoms with van der Waals surface area (Å²) in [6.45, 7) is 4.83. The zero-order valence-electron chi connectivity index (χ0n) is 27.4. The first kappa shape index (κ1) is 37.6. The Balaban J connectivity index is 0.000000178. The predicted octanol–water partition coefficient (Wildman–Crippen LogP) is 13.3. The number of hydrogen-bond acceptors (Lipinski definition) is 0. The molecule has 4 aliphatic rings. The molecule has 0 nitrogen and oxygen atoms in total. The van der Waals surface area contributed by atoms with Gasteiger partial charge in [-0.3, -0.25) is 0 Å². The third-order valence-corrected chi connectivity index (χ3v) is 21.1. The van der Waals surface area contributed by atoms with E-state index in [2.05, 4.69) is 13.8 Å². The van der Waals surface area contributed by atoms with E-state index in [9.17, 15) is 0 Å². The maximum atomic E-state index is 5.67. The van der Waals surface area contributed by atoms with Crippen LogP contribution >= 0.6 is 35.2 Å². The number of halogens is 2. The van der Waals surface area contributed by atoms with Crippen LogP contribution in [0.15, 0.2) is 30.3 Å². The van der Waals surface area contributed by atoms with Crippen LogP contribution in [0.4, 0.5) is 0 Å². The number of benzene rings is 1. The molecular weight excluding hydrogens is 678 g/mol. The fraction of sp³-hybridized carbons (Fsp3) is 0.811. The first-order chi connectivity index (χ1) is 20.6. The molecule has 0 spiro atoms. The van der Waals surface area contributed by atoms with Crippen molar-refractivity contribution in [2.45, 2.75) is 178 Å². The monoisotopic (exact) mass is 744 g/mol. The third-order valence-electron chi connectivity index (χ3n) is 10.6. The average molecular weight is 745 g/mol. The molecular formula is C37H66Cl2P2Ru+2. The van der Waals surface area contributed by atoms with Gasteiger partial charge in [-0.1, -0.05) is 39.5 Å². The van der Waals surface area contributed by atoms with Crippen molar-refractivity contribution in [1.29, 1.82) is 0 Å². The molecule has 1 aromatic carbocycles. The zero-order valence-corrected chi connectivity index (χ0v) is 32.6. The van der Waals surface area contributed by atoms with E-state index >= 15 is 0 Å². The van der Waals surface area contributed by atoms with E-state index in [4.69, 9.17) is 19.4 Å². The average Bonchev–Trinajstić information content (AvgIpc) is 3.05. The van der Waals surface area contributed by atoms with Crippen molar-refractivity contribution in [3.63, 3.8) is 0 Å². The molecule has 1 aromatic rings. The Hall–Kier alpha value is 1.15. The van der Waals surface area contributed by atoms with Crippen molar-refractivity contribution in [1.82, 2.24) is 0 Å². The summed E-state index contributed by atoms with van der Waals surface area (Å²) in [4.78, 5) is 0. The fourth-order valence-corrected chi connectivity index (χ4v) is 19.1. The second-order valence-corrected chi connectivity index (χ2v) is 26.0. The molecule has 0 N–H and O–H groups in total. The molecule has 0 saturated heterocycles. The molecule has 0 amide bonds. The SMILES string of the molecule is CCC[PH+](C1CCCCC1)C1CCCCC1.CCC[PH+](C1CCCCC1)C1CCCCC1.[Cl][Ru]([Cl])=[CH]c1ccccc1. The Labute approximate surface area is 277 Å². The van der Waals surface area contributed by atoms with E-state index in [1.807, 2.05) is 34.9 Å². The molecule has 0 heterocycles. The summed E-state index contributed by atoms with van der Waals surface area (Å²) in [5.41, 5.74) is 5.96. The van der Waals surface area contributed by atoms with E-state index in [-0.39, 0.29) is 15.8 Å². The van der Waals surface area contributed by atoms with Crippen LogP contribution in [0.1, 0.15) is 161 Å². The van der Waals surface area contributed by atoms with Gasteiger partial charge in [0.15, 0.2) is 0 Å². The summed E-state index contributed by atoms with van der Waals surface area (Å²) < 4.78 is 1.92. The Morgan fingerprint density at radius 2 is 0.857 bits per heavy atom. The molecule has 42 heavy (non-hydrogen) atoms. The van der Waals surface area contributed by atoms with Crippen molar-refractivity contribution >= 4 is 39.8 Å². The molecule has 0 atom stereocenters. The quantitative estimate of drug-likeness (QED) is 0.174. The molecule has 5 heteroatoms. The van der Waals surface area contributed by atoms with Gasteiger partial charge >= 0.3 is 73.4 Å². The zero-order chi connectivity index (χ0) is 29.8. The van der Waals surface area contributed by atoms with Crippen molar-refractivity contribution in [3.05, 3.63) is 35.9 Å². The molecule has 0 aliphatic heterocycles. The van der Waals surface area contributed by atoms with E-state index < -0.39 is 13.5 Å². The van der Waals surface area contributed by atoms with E-state index in [1.165, 1.54) is 61.2 Å². The van der Waals surface area contributed by atoms with Gasteiger partial charge in [-0.05, 0) is 116 Å². The van der Waals surface area contributed by atoms with Crippen LogP contribution in [-0.2, 0) is 13.5 Å². The van der Waals surface area contributed by atoms with Gasteiger partial charge in [0.05, 0.1) is 35.0 Å². The minimum atomic E-state index is -1.61. The molecule has 4 saturated carbocycles. The number of hydrogen-bond donors (Lipinski definition) is 0. The van der Waals surface area contributed by atoms with Crippen LogP contribution in [0, 0.1) is 0 Å². The van der Waals surface area contributed by atoms with Gasteiger partial charge in [0.1, 0.15) is 0 Å². The second kappa shape index (κ2) is 23.5. The van der Waals surface area contributed by atoms with Crippen LogP contribution in [0.5, 0.6) is 0 Å². The molecule has 0 bridgehead atoms. The van der Waals surface area contributed by atoms with Crippen molar-refractivity contribution in [2.24, 2.45) is 0 Å². The van der Waals surface area contributed by atoms with Crippen LogP contribution in [-0.4, -0.2) is 39.6 Å². The number of rotatable bonds is 9. The van der Waals surface area contributed by atoms with Gasteiger partial charge < -0.3 is 0 Å². The van der Waals surface area contributed by atoms with Gasteiger partial charge in [0, 0.05) is 15.8 Å². The van der Waals surface area contributed by atoms with Gasteiger partial charge in [0.25, 0.3) is 0 Å². The van der Waals surface area contributed by atoms with E-state index in [0.717, 1.165) is 5.56 Å². The van der Waals surface area contributed by atoms with Crippen molar-refractivity contribution < 1.29 is 13.5 Å². The van der Waals surface area contributed by atoms with Crippen LogP contribution in [0.3, 0.4) is 0 Å². The Morgan fingerprint density at radius 3 is 1.12 bits per heavy atom. The van der Waals surface area contributed by atoms with Crippen LogP contribution in [0.2, 0.25) is 0 Å². The normalized spacial score (nSPS) is 21.7. The molecule has 4 fully saturated rings. The van der Waals surface area contributed by atoms with Crippen molar-refractivity contribution in [3.8, 4) is 0 Å². The van der Waals surface area contributed by atoms with E-state index in [0.29, 0.717) is 0 Å². The summed E-state index contributed by atoms with van der Waals surface area (Å²) >= 11 is -1.61. The van der Waals surface area contributed by atoms with Crippen LogP contribution < -0.4 is 0 Å². The third kappa shape index (κ3) is 14.7. The van der Waals surface area contributed by atoms with Gasteiger partial charge in [-0.2, -0.15) is 0 Å². The summed E-state index contributed by atoms with van der Waals surface area (Å²) in [5, 5.41) is 0. The second-order valence-electron chi connectivity index (χ2n) is 13.7. The molecule has 5 rings (SSSR count). The summed E-state index contributed by atoms with van der Waals surface area (Å²) in [7, 11) is 11.3. The summed E-state index contributed by atoms with van der Waals surface area (Å²) in [6.07, 6.45) is 37.5. The first-order valence-corrected chi connectivity index (χ1v) is 27.4. The molecule has 0 unspecified atom stereocenters. The predicted molar refractivity (Wildman–Crippen MR) is 198 cm³/mol. The van der Waals surface area contributed by atoms with Crippen LogP contribution in [0.25, 0.3) is 0 Å². The molecule has 244 valence electrons. The minimum absolute atomic E-state index is 0.00320. The fourth-order valence-electron chi connectivity index (χ4n) is 8.56. The topological polar surface area (TPSA) is 0 Å². The molecule has 4 aliphatic carbocycles. The van der Waals surface area contributed by atoms with Crippen molar-refractivity contribution in [2.75, 3.05) is 12.3 Å². The Bertz CT molecular complexity index is 728. The molecule has 0 aromatic heterocycles. The standard InChI is InChI=1S/2C15H29P.C7H6.2ClH.Ru/c2*1-2-13-16(14-9-5-3-6-10-14)15-11-7-4-8-12-15;1-7-5-3-2-4-6-7;;;/h2*14-15H,2-13H2,1H3;1-6H;2*1H;/q;;;;;+2. The Morgan fingerprint density at radius 1 is 0.548 bits per heavy atom. The Kier molecular flexibility index (Phi) is 21.0. The van der Waals surface area contributed by atoms with Gasteiger partial charge in [-0.25, -0.2) is 0 Å². The van der Waals surface area contributed by atoms with Gasteiger partial charge in [-0.15, -0.1) is 0 Å².